The molecule has 0 unspecified atom stereocenters. The number of halogens is 1. The monoisotopic (exact) mass is 466 g/mol. The van der Waals surface area contributed by atoms with Crippen molar-refractivity contribution >= 4 is 23.1 Å². The predicted molar refractivity (Wildman–Crippen MR) is 125 cm³/mol. The van der Waals surface area contributed by atoms with Crippen LogP contribution in [0.2, 0.25) is 0 Å². The van der Waals surface area contributed by atoms with Crippen LogP contribution in [0, 0.1) is 17.7 Å². The Labute approximate surface area is 196 Å². The lowest BCUT2D eigenvalue weighted by atomic mass is 9.85. The molecule has 1 saturated carbocycles. The Hall–Kier alpha value is -3.71. The summed E-state index contributed by atoms with van der Waals surface area (Å²) < 4.78 is 20.8. The van der Waals surface area contributed by atoms with E-state index < -0.39 is 17.5 Å². The summed E-state index contributed by atoms with van der Waals surface area (Å²) in [5.74, 6) is 6.04. The summed E-state index contributed by atoms with van der Waals surface area (Å²) in [6, 6.07) is 5.99. The maximum Gasteiger partial charge on any atom is 0.407 e. The van der Waals surface area contributed by atoms with Crippen LogP contribution in [0.3, 0.4) is 0 Å². The fourth-order valence-electron chi connectivity index (χ4n) is 4.00. The van der Waals surface area contributed by atoms with E-state index in [1.165, 1.54) is 12.1 Å². The minimum Gasteiger partial charge on any atom is -0.448 e. The number of nitrogens with one attached hydrogen (secondary N) is 1. The van der Waals surface area contributed by atoms with E-state index in [2.05, 4.69) is 32.1 Å². The van der Waals surface area contributed by atoms with Crippen molar-refractivity contribution in [2.45, 2.75) is 51.2 Å². The average molecular weight is 467 g/mol. The third-order valence-corrected chi connectivity index (χ3v) is 5.66. The highest BCUT2D eigenvalue weighted by Crippen LogP contribution is 2.28. The molecular weight excluding hydrogens is 439 g/mol. The van der Waals surface area contributed by atoms with Crippen molar-refractivity contribution in [3.05, 3.63) is 35.9 Å². The van der Waals surface area contributed by atoms with Gasteiger partial charge in [-0.3, -0.25) is 0 Å². The van der Waals surface area contributed by atoms with Gasteiger partial charge in [-0.2, -0.15) is 0 Å². The molecular formula is C24H27FN6O3. The standard InChI is InChI=1S/C24H27FN6O3/c1-2-27-23(32)34-14-13-31-21(16-7-6-8-17(25)15-16)30-19-20(26)28-18(29-22(19)31)9-12-24(33)10-4-3-5-11-24/h6-8,15,33H,2-5,10-11,13-14H2,1H3,(H,27,32)(H2,26,28,29). The summed E-state index contributed by atoms with van der Waals surface area (Å²) in [6.07, 6.45) is 3.60. The highest BCUT2D eigenvalue weighted by Gasteiger charge is 2.27. The van der Waals surface area contributed by atoms with Gasteiger partial charge in [-0.1, -0.05) is 24.5 Å². The van der Waals surface area contributed by atoms with Crippen molar-refractivity contribution in [3.63, 3.8) is 0 Å². The molecule has 2 aromatic heterocycles. The molecule has 3 aromatic rings. The Morgan fingerprint density at radius 1 is 1.29 bits per heavy atom. The van der Waals surface area contributed by atoms with E-state index in [0.717, 1.165) is 19.3 Å². The molecule has 1 fully saturated rings. The van der Waals surface area contributed by atoms with Gasteiger partial charge in [0.25, 0.3) is 0 Å². The Balaban J connectivity index is 1.74. The van der Waals surface area contributed by atoms with E-state index in [9.17, 15) is 14.3 Å². The van der Waals surface area contributed by atoms with E-state index in [1.54, 1.807) is 23.6 Å². The number of rotatable bonds is 5. The number of anilines is 1. The fraction of sp³-hybridized carbons (Fsp3) is 0.417. The second-order valence-corrected chi connectivity index (χ2v) is 8.21. The van der Waals surface area contributed by atoms with Crippen LogP contribution >= 0.6 is 0 Å². The number of hydrogen-bond acceptors (Lipinski definition) is 7. The lowest BCUT2D eigenvalue weighted by Gasteiger charge is -2.26. The lowest BCUT2D eigenvalue weighted by Crippen LogP contribution is -2.29. The third-order valence-electron chi connectivity index (χ3n) is 5.66. The van der Waals surface area contributed by atoms with Crippen molar-refractivity contribution < 1.29 is 19.0 Å². The Morgan fingerprint density at radius 2 is 2.09 bits per heavy atom. The van der Waals surface area contributed by atoms with Gasteiger partial charge in [-0.05, 0) is 50.7 Å². The summed E-state index contributed by atoms with van der Waals surface area (Å²) >= 11 is 0. The van der Waals surface area contributed by atoms with Gasteiger partial charge < -0.3 is 25.5 Å². The Bertz CT molecular complexity index is 1260. The van der Waals surface area contributed by atoms with Crippen molar-refractivity contribution in [2.24, 2.45) is 0 Å². The van der Waals surface area contributed by atoms with Crippen molar-refractivity contribution in [2.75, 3.05) is 18.9 Å². The van der Waals surface area contributed by atoms with Gasteiger partial charge >= 0.3 is 6.09 Å². The van der Waals surface area contributed by atoms with Gasteiger partial charge in [0.2, 0.25) is 5.82 Å². The van der Waals surface area contributed by atoms with E-state index in [1.807, 2.05) is 0 Å². The van der Waals surface area contributed by atoms with E-state index in [0.29, 0.717) is 41.9 Å². The number of aromatic nitrogens is 4. The van der Waals surface area contributed by atoms with E-state index in [-0.39, 0.29) is 24.8 Å². The number of aliphatic hydroxyl groups is 1. The molecule has 0 spiro atoms. The molecule has 4 rings (SSSR count). The summed E-state index contributed by atoms with van der Waals surface area (Å²) in [5.41, 5.74) is 6.35. The molecule has 34 heavy (non-hydrogen) atoms. The maximum absolute atomic E-state index is 13.9. The predicted octanol–water partition coefficient (Wildman–Crippen LogP) is 3.01. The van der Waals surface area contributed by atoms with Gasteiger partial charge in [0, 0.05) is 12.1 Å². The number of carbonyl (C=O) groups is 1. The number of nitrogens with two attached hydrogens (primary N) is 1. The number of benzene rings is 1. The molecule has 2 heterocycles. The Kier molecular flexibility index (Phi) is 6.93. The van der Waals surface area contributed by atoms with Gasteiger partial charge in [-0.15, -0.1) is 0 Å². The number of ether oxygens (including phenoxy) is 1. The first-order valence-corrected chi connectivity index (χ1v) is 11.3. The molecule has 0 radical (unpaired) electrons. The highest BCUT2D eigenvalue weighted by atomic mass is 19.1. The smallest absolute Gasteiger partial charge is 0.407 e. The zero-order valence-electron chi connectivity index (χ0n) is 19.0. The first-order valence-electron chi connectivity index (χ1n) is 11.3. The minimum absolute atomic E-state index is 0.0320. The van der Waals surface area contributed by atoms with Crippen LogP contribution in [0.25, 0.3) is 22.6 Å². The largest absolute Gasteiger partial charge is 0.448 e. The lowest BCUT2D eigenvalue weighted by molar-refractivity contribution is 0.0610. The maximum atomic E-state index is 13.9. The molecule has 4 N–H and O–H groups in total. The average Bonchev–Trinajstić information content (AvgIpc) is 3.18. The van der Waals surface area contributed by atoms with Crippen molar-refractivity contribution in [1.29, 1.82) is 0 Å². The van der Waals surface area contributed by atoms with Crippen LogP contribution < -0.4 is 11.1 Å². The second kappa shape index (κ2) is 10.1. The summed E-state index contributed by atoms with van der Waals surface area (Å²) in [4.78, 5) is 25.0. The first kappa shape index (κ1) is 23.4. The van der Waals surface area contributed by atoms with Gasteiger partial charge in [0.1, 0.15) is 23.8 Å². The number of hydrogen-bond donors (Lipinski definition) is 3. The SMILES string of the molecule is CCNC(=O)OCCn1c(-c2cccc(F)c2)nc2c(N)nc(C#CC3(O)CCCCC3)nc21. The zero-order chi connectivity index (χ0) is 24.1. The molecule has 10 heteroatoms. The molecule has 0 atom stereocenters. The van der Waals surface area contributed by atoms with E-state index in [4.69, 9.17) is 10.5 Å². The summed E-state index contributed by atoms with van der Waals surface area (Å²) in [5, 5.41) is 13.3. The van der Waals surface area contributed by atoms with E-state index >= 15 is 0 Å². The number of amides is 1. The number of nitrogens with zero attached hydrogens (tertiary/aromatic N) is 4. The number of carbonyl (C=O) groups excluding carboxylic acids is 1. The topological polar surface area (TPSA) is 128 Å². The number of fused-ring (bicyclic) bond motifs is 1. The molecule has 0 saturated heterocycles. The minimum atomic E-state index is -1.06. The molecule has 178 valence electrons. The highest BCUT2D eigenvalue weighted by molar-refractivity contribution is 5.86. The normalized spacial score (nSPS) is 14.9. The molecule has 1 amide bonds. The number of alkyl carbamates (subject to hydrolysis) is 1. The van der Waals surface area contributed by atoms with Gasteiger partial charge in [-0.25, -0.2) is 24.1 Å². The molecule has 0 bridgehead atoms. The molecule has 0 aliphatic heterocycles. The van der Waals surface area contributed by atoms with Crippen molar-refractivity contribution in [3.8, 4) is 23.2 Å². The Morgan fingerprint density at radius 3 is 2.82 bits per heavy atom. The van der Waals surface area contributed by atoms with Crippen LogP contribution in [0.1, 0.15) is 44.9 Å². The van der Waals surface area contributed by atoms with Crippen molar-refractivity contribution in [1.82, 2.24) is 24.8 Å². The quantitative estimate of drug-likeness (QED) is 0.493. The molecule has 9 nitrogen and oxygen atoms in total. The van der Waals surface area contributed by atoms with Crippen LogP contribution in [0.5, 0.6) is 0 Å². The number of nitrogen functional groups attached to an aromatic ring is 1. The fourth-order valence-corrected chi connectivity index (χ4v) is 4.00. The van der Waals surface area contributed by atoms with Gasteiger partial charge in [0.05, 0.1) is 6.54 Å². The summed E-state index contributed by atoms with van der Waals surface area (Å²) in [6.45, 7) is 2.47. The summed E-state index contributed by atoms with van der Waals surface area (Å²) in [7, 11) is 0. The van der Waals surface area contributed by atoms with Crippen LogP contribution in [-0.4, -0.2) is 49.5 Å². The first-order chi connectivity index (χ1) is 16.4. The van der Waals surface area contributed by atoms with Crippen LogP contribution in [-0.2, 0) is 11.3 Å². The number of imidazole rings is 1. The van der Waals surface area contributed by atoms with Gasteiger partial charge in [0.15, 0.2) is 17.0 Å². The second-order valence-electron chi connectivity index (χ2n) is 8.21. The van der Waals surface area contributed by atoms with Crippen LogP contribution in [0.15, 0.2) is 24.3 Å². The zero-order valence-corrected chi connectivity index (χ0v) is 19.0. The molecule has 1 aliphatic rings. The van der Waals surface area contributed by atoms with Crippen LogP contribution in [0.4, 0.5) is 15.0 Å². The third kappa shape index (κ3) is 5.26. The molecule has 1 aromatic carbocycles. The molecule has 1 aliphatic carbocycles.